The van der Waals surface area contributed by atoms with Gasteiger partial charge >= 0.3 is 0 Å². The van der Waals surface area contributed by atoms with Gasteiger partial charge in [0.2, 0.25) is 5.91 Å². The molecule has 1 aromatic heterocycles. The second-order valence-electron chi connectivity index (χ2n) is 6.49. The molecule has 0 saturated heterocycles. The molecule has 4 nitrogen and oxygen atoms in total. The van der Waals surface area contributed by atoms with Crippen LogP contribution in [-0.4, -0.2) is 32.9 Å². The van der Waals surface area contributed by atoms with E-state index in [4.69, 9.17) is 0 Å². The lowest BCUT2D eigenvalue weighted by molar-refractivity contribution is -0.129. The first-order valence-corrected chi connectivity index (χ1v) is 9.79. The van der Waals surface area contributed by atoms with Gasteiger partial charge in [-0.25, -0.2) is 4.68 Å². The molecule has 2 aromatic carbocycles. The zero-order valence-corrected chi connectivity index (χ0v) is 15.6. The van der Waals surface area contributed by atoms with Crippen molar-refractivity contribution >= 4 is 17.7 Å². The van der Waals surface area contributed by atoms with Gasteiger partial charge in [-0.3, -0.25) is 4.79 Å². The van der Waals surface area contributed by atoms with Gasteiger partial charge in [0.25, 0.3) is 0 Å². The average molecular weight is 363 g/mol. The van der Waals surface area contributed by atoms with E-state index in [0.717, 1.165) is 29.4 Å². The van der Waals surface area contributed by atoms with E-state index in [1.165, 1.54) is 11.1 Å². The maximum Gasteiger partial charge on any atom is 0.233 e. The van der Waals surface area contributed by atoms with Crippen molar-refractivity contribution in [1.29, 1.82) is 0 Å². The summed E-state index contributed by atoms with van der Waals surface area (Å²) in [6.07, 6.45) is 0.938. The number of amides is 1. The number of rotatable bonds is 4. The van der Waals surface area contributed by atoms with E-state index in [1.54, 1.807) is 11.8 Å². The highest BCUT2D eigenvalue weighted by atomic mass is 32.2. The van der Waals surface area contributed by atoms with Gasteiger partial charge in [-0.2, -0.15) is 5.10 Å². The van der Waals surface area contributed by atoms with Crippen LogP contribution >= 0.6 is 11.8 Å². The fourth-order valence-corrected chi connectivity index (χ4v) is 4.24. The van der Waals surface area contributed by atoms with Crippen LogP contribution in [0.1, 0.15) is 16.8 Å². The molecule has 3 aromatic rings. The van der Waals surface area contributed by atoms with Crippen LogP contribution in [0.4, 0.5) is 0 Å². The molecular weight excluding hydrogens is 342 g/mol. The zero-order chi connectivity index (χ0) is 17.9. The number of benzene rings is 2. The Kier molecular flexibility index (Phi) is 4.80. The molecule has 0 radical (unpaired) electrons. The molecule has 0 N–H and O–H groups in total. The fraction of sp³-hybridized carbons (Fsp3) is 0.238. The monoisotopic (exact) mass is 363 g/mol. The largest absolute Gasteiger partial charge is 0.337 e. The van der Waals surface area contributed by atoms with E-state index in [0.29, 0.717) is 12.3 Å². The molecule has 0 fully saturated rings. The van der Waals surface area contributed by atoms with Crippen molar-refractivity contribution in [2.45, 2.75) is 24.9 Å². The molecule has 0 aliphatic carbocycles. The number of carbonyl (C=O) groups excluding carboxylic acids is 1. The molecule has 2 heterocycles. The van der Waals surface area contributed by atoms with Crippen LogP contribution in [0.3, 0.4) is 0 Å². The molecule has 4 rings (SSSR count). The lowest BCUT2D eigenvalue weighted by Gasteiger charge is -2.28. The number of hydrogen-bond acceptors (Lipinski definition) is 3. The van der Waals surface area contributed by atoms with Crippen molar-refractivity contribution in [1.82, 2.24) is 14.7 Å². The third-order valence-electron chi connectivity index (χ3n) is 4.63. The van der Waals surface area contributed by atoms with E-state index in [2.05, 4.69) is 23.3 Å². The first-order chi connectivity index (χ1) is 12.7. The minimum Gasteiger partial charge on any atom is -0.337 e. The third-order valence-corrected chi connectivity index (χ3v) is 5.60. The van der Waals surface area contributed by atoms with Crippen molar-refractivity contribution in [2.75, 3.05) is 12.3 Å². The molecular formula is C21H21N3OS. The molecule has 26 heavy (non-hydrogen) atoms. The van der Waals surface area contributed by atoms with Crippen LogP contribution < -0.4 is 0 Å². The van der Waals surface area contributed by atoms with E-state index in [-0.39, 0.29) is 5.91 Å². The lowest BCUT2D eigenvalue weighted by Crippen LogP contribution is -2.37. The van der Waals surface area contributed by atoms with Crippen molar-refractivity contribution in [3.05, 3.63) is 77.5 Å². The van der Waals surface area contributed by atoms with Crippen molar-refractivity contribution in [3.8, 4) is 5.69 Å². The summed E-state index contributed by atoms with van der Waals surface area (Å²) in [5.41, 5.74) is 4.60. The SMILES string of the molecule is Cc1cc(SCC(=O)N2CCc3ccccc3C2)n(-c2ccccc2)n1. The minimum atomic E-state index is 0.183. The van der Waals surface area contributed by atoms with Crippen LogP contribution in [0.2, 0.25) is 0 Å². The molecule has 0 bridgehead atoms. The van der Waals surface area contributed by atoms with Gasteiger partial charge in [-0.15, -0.1) is 0 Å². The van der Waals surface area contributed by atoms with E-state index >= 15 is 0 Å². The van der Waals surface area contributed by atoms with Crippen molar-refractivity contribution in [2.24, 2.45) is 0 Å². The zero-order valence-electron chi connectivity index (χ0n) is 14.8. The second kappa shape index (κ2) is 7.38. The summed E-state index contributed by atoms with van der Waals surface area (Å²) >= 11 is 1.56. The molecule has 0 spiro atoms. The Morgan fingerprint density at radius 3 is 2.62 bits per heavy atom. The normalized spacial score (nSPS) is 13.5. The second-order valence-corrected chi connectivity index (χ2v) is 7.49. The molecule has 1 amide bonds. The van der Waals surface area contributed by atoms with Gasteiger partial charge in [0, 0.05) is 13.1 Å². The highest BCUT2D eigenvalue weighted by molar-refractivity contribution is 7.99. The molecule has 0 unspecified atom stereocenters. The maximum absolute atomic E-state index is 12.7. The highest BCUT2D eigenvalue weighted by Crippen LogP contribution is 2.25. The Labute approximate surface area is 157 Å². The predicted octanol–water partition coefficient (Wildman–Crippen LogP) is 3.86. The summed E-state index contributed by atoms with van der Waals surface area (Å²) < 4.78 is 1.92. The predicted molar refractivity (Wildman–Crippen MR) is 105 cm³/mol. The van der Waals surface area contributed by atoms with Crippen LogP contribution in [0.5, 0.6) is 0 Å². The summed E-state index contributed by atoms with van der Waals surface area (Å²) in [7, 11) is 0. The maximum atomic E-state index is 12.7. The van der Waals surface area contributed by atoms with Crippen molar-refractivity contribution in [3.63, 3.8) is 0 Å². The van der Waals surface area contributed by atoms with Gasteiger partial charge < -0.3 is 4.90 Å². The Bertz CT molecular complexity index is 920. The van der Waals surface area contributed by atoms with Gasteiger partial charge in [-0.1, -0.05) is 54.2 Å². The van der Waals surface area contributed by atoms with E-state index < -0.39 is 0 Å². The van der Waals surface area contributed by atoms with Gasteiger partial charge in [0.15, 0.2) is 0 Å². The first kappa shape index (κ1) is 16.9. The fourth-order valence-electron chi connectivity index (χ4n) is 3.27. The number of nitrogens with zero attached hydrogens (tertiary/aromatic N) is 3. The molecule has 1 aliphatic rings. The number of thioether (sulfide) groups is 1. The van der Waals surface area contributed by atoms with Gasteiger partial charge in [0.05, 0.1) is 17.1 Å². The summed E-state index contributed by atoms with van der Waals surface area (Å²) in [6.45, 7) is 3.49. The number of para-hydroxylation sites is 1. The standard InChI is InChI=1S/C21H21N3OS/c1-16-13-21(24(22-16)19-9-3-2-4-10-19)26-15-20(25)23-12-11-17-7-5-6-8-18(17)14-23/h2-10,13H,11-12,14-15H2,1H3. The summed E-state index contributed by atoms with van der Waals surface area (Å²) in [6, 6.07) is 20.5. The first-order valence-electron chi connectivity index (χ1n) is 8.80. The molecule has 132 valence electrons. The Hall–Kier alpha value is -2.53. The number of carbonyl (C=O) groups is 1. The van der Waals surface area contributed by atoms with Crippen molar-refractivity contribution < 1.29 is 4.79 Å². The highest BCUT2D eigenvalue weighted by Gasteiger charge is 2.21. The topological polar surface area (TPSA) is 38.1 Å². The smallest absolute Gasteiger partial charge is 0.233 e. The summed E-state index contributed by atoms with van der Waals surface area (Å²) in [4.78, 5) is 14.7. The summed E-state index contributed by atoms with van der Waals surface area (Å²) in [5.74, 6) is 0.614. The lowest BCUT2D eigenvalue weighted by atomic mass is 10.00. The third kappa shape index (κ3) is 3.53. The number of aromatic nitrogens is 2. The Morgan fingerprint density at radius 1 is 1.08 bits per heavy atom. The van der Waals surface area contributed by atoms with Crippen LogP contribution in [0.25, 0.3) is 5.69 Å². The molecule has 0 saturated carbocycles. The average Bonchev–Trinajstić information content (AvgIpc) is 3.07. The summed E-state index contributed by atoms with van der Waals surface area (Å²) in [5, 5.41) is 5.57. The minimum absolute atomic E-state index is 0.183. The molecule has 1 aliphatic heterocycles. The van der Waals surface area contributed by atoms with E-state index in [9.17, 15) is 4.79 Å². The molecule has 0 atom stereocenters. The quantitative estimate of drug-likeness (QED) is 0.661. The number of fused-ring (bicyclic) bond motifs is 1. The Morgan fingerprint density at radius 2 is 1.81 bits per heavy atom. The van der Waals surface area contributed by atoms with Crippen LogP contribution in [0.15, 0.2) is 65.7 Å². The molecule has 5 heteroatoms. The van der Waals surface area contributed by atoms with Crippen LogP contribution in [-0.2, 0) is 17.8 Å². The Balaban J connectivity index is 1.44. The van der Waals surface area contributed by atoms with Crippen LogP contribution in [0, 0.1) is 6.92 Å². The van der Waals surface area contributed by atoms with Gasteiger partial charge in [0.1, 0.15) is 5.03 Å². The number of aryl methyl sites for hydroxylation is 1. The van der Waals surface area contributed by atoms with Gasteiger partial charge in [-0.05, 0) is 42.7 Å². The van der Waals surface area contributed by atoms with E-state index in [1.807, 2.05) is 59.0 Å². The number of hydrogen-bond donors (Lipinski definition) is 0.